The minimum atomic E-state index is 0.271. The summed E-state index contributed by atoms with van der Waals surface area (Å²) in [5.74, 6) is 0.838. The van der Waals surface area contributed by atoms with Crippen molar-refractivity contribution in [3.8, 4) is 5.75 Å². The summed E-state index contributed by atoms with van der Waals surface area (Å²) in [4.78, 5) is 4.59. The van der Waals surface area contributed by atoms with Gasteiger partial charge in [-0.05, 0) is 0 Å². The number of hydrazone groups is 1. The molecule has 0 radical (unpaired) electrons. The first-order valence-electron chi connectivity index (χ1n) is 6.59. The van der Waals surface area contributed by atoms with Crippen LogP contribution < -0.4 is 10.2 Å². The second-order valence-electron chi connectivity index (χ2n) is 4.44. The zero-order valence-electron chi connectivity index (χ0n) is 11.6. The number of ether oxygens (including phenoxy) is 1. The van der Waals surface area contributed by atoms with Gasteiger partial charge in [0.25, 0.3) is 0 Å². The molecular formula is C16H15N3OSe. The van der Waals surface area contributed by atoms with E-state index in [0.29, 0.717) is 0 Å². The maximum atomic E-state index is 5.14. The third kappa shape index (κ3) is 3.51. The summed E-state index contributed by atoms with van der Waals surface area (Å²) in [5, 5.41) is 5.40. The zero-order chi connectivity index (χ0) is 14.5. The quantitative estimate of drug-likeness (QED) is 0.871. The molecule has 0 spiro atoms. The van der Waals surface area contributed by atoms with Gasteiger partial charge in [0, 0.05) is 0 Å². The van der Waals surface area contributed by atoms with Gasteiger partial charge in [0.05, 0.1) is 0 Å². The fraction of sp³-hybridized carbons (Fsp3) is 0.125. The maximum absolute atomic E-state index is 5.14. The number of nitrogens with zero attached hydrogens (tertiary/aromatic N) is 2. The van der Waals surface area contributed by atoms with Crippen molar-refractivity contribution in [2.45, 2.75) is 5.32 Å². The molecular weight excluding hydrogens is 329 g/mol. The van der Waals surface area contributed by atoms with Crippen molar-refractivity contribution in [2.24, 2.45) is 10.1 Å². The van der Waals surface area contributed by atoms with Gasteiger partial charge in [0.15, 0.2) is 0 Å². The van der Waals surface area contributed by atoms with Crippen molar-refractivity contribution < 1.29 is 4.74 Å². The van der Waals surface area contributed by atoms with E-state index in [1.54, 1.807) is 7.11 Å². The Morgan fingerprint density at radius 3 is 2.48 bits per heavy atom. The van der Waals surface area contributed by atoms with Gasteiger partial charge >= 0.3 is 130 Å². The molecule has 3 rings (SSSR count). The third-order valence-electron chi connectivity index (χ3n) is 3.04. The number of hydrogen-bond acceptors (Lipinski definition) is 3. The molecule has 2 aromatic carbocycles. The van der Waals surface area contributed by atoms with Crippen molar-refractivity contribution in [3.63, 3.8) is 0 Å². The predicted octanol–water partition coefficient (Wildman–Crippen LogP) is 2.81. The molecule has 0 aliphatic carbocycles. The van der Waals surface area contributed by atoms with Gasteiger partial charge < -0.3 is 0 Å². The number of amidine groups is 1. The van der Waals surface area contributed by atoms with E-state index in [-0.39, 0.29) is 15.0 Å². The molecule has 0 unspecified atom stereocenters. The molecule has 1 aliphatic rings. The van der Waals surface area contributed by atoms with Gasteiger partial charge in [-0.25, -0.2) is 0 Å². The van der Waals surface area contributed by atoms with Gasteiger partial charge in [-0.15, -0.1) is 0 Å². The molecule has 4 nitrogen and oxygen atoms in total. The molecule has 0 fully saturated rings. The summed E-state index contributed by atoms with van der Waals surface area (Å²) in [6.45, 7) is 0. The zero-order valence-corrected chi connectivity index (χ0v) is 13.3. The number of nitrogens with one attached hydrogen (secondary N) is 1. The second kappa shape index (κ2) is 6.57. The number of methoxy groups -OCH3 is 1. The first-order valence-corrected chi connectivity index (χ1v) is 8.65. The SMILES string of the molecule is COc1ccc(N=C2NN=C(c3ccccc3)C[Se]2)cc1. The van der Waals surface area contributed by atoms with E-state index in [0.717, 1.165) is 27.2 Å². The van der Waals surface area contributed by atoms with Gasteiger partial charge in [0.2, 0.25) is 0 Å². The second-order valence-corrected chi connectivity index (χ2v) is 6.46. The first-order chi connectivity index (χ1) is 10.3. The Balaban J connectivity index is 1.72. The normalized spacial score (nSPS) is 16.2. The van der Waals surface area contributed by atoms with Crippen LogP contribution in [0, 0.1) is 0 Å². The monoisotopic (exact) mass is 345 g/mol. The Labute approximate surface area is 130 Å². The van der Waals surface area contributed by atoms with Gasteiger partial charge in [0.1, 0.15) is 0 Å². The van der Waals surface area contributed by atoms with E-state index in [1.807, 2.05) is 42.5 Å². The minimum absolute atomic E-state index is 0.271. The summed E-state index contributed by atoms with van der Waals surface area (Å²) in [6.07, 6.45) is 0. The molecule has 1 heterocycles. The molecule has 0 bridgehead atoms. The van der Waals surface area contributed by atoms with E-state index in [2.05, 4.69) is 27.7 Å². The summed E-state index contributed by atoms with van der Waals surface area (Å²) >= 11 is 0.271. The van der Waals surface area contributed by atoms with Crippen molar-refractivity contribution >= 4 is 31.1 Å². The van der Waals surface area contributed by atoms with Crippen LogP contribution in [0.15, 0.2) is 64.7 Å². The Morgan fingerprint density at radius 2 is 1.86 bits per heavy atom. The molecule has 2 aromatic rings. The summed E-state index contributed by atoms with van der Waals surface area (Å²) in [6, 6.07) is 18.0. The van der Waals surface area contributed by atoms with Crippen LogP contribution >= 0.6 is 0 Å². The van der Waals surface area contributed by atoms with Crippen molar-refractivity contribution in [3.05, 3.63) is 60.2 Å². The number of aliphatic imine (C=N–C) groups is 1. The Hall–Kier alpha value is -2.10. The third-order valence-corrected chi connectivity index (χ3v) is 4.88. The average Bonchev–Trinajstić information content (AvgIpc) is 2.57. The van der Waals surface area contributed by atoms with Gasteiger partial charge in [-0.1, -0.05) is 0 Å². The average molecular weight is 344 g/mol. The van der Waals surface area contributed by atoms with Crippen LogP contribution in [0.2, 0.25) is 5.32 Å². The summed E-state index contributed by atoms with van der Waals surface area (Å²) in [7, 11) is 1.66. The molecule has 21 heavy (non-hydrogen) atoms. The number of hydrogen-bond donors (Lipinski definition) is 1. The standard InChI is InChI=1S/C16H15N3OSe/c1-20-14-9-7-13(8-10-14)17-16-19-18-15(11-21-16)12-5-3-2-4-6-12/h2-10H,11H2,1H3,(H,17,19). The van der Waals surface area contributed by atoms with E-state index in [4.69, 9.17) is 4.74 Å². The topological polar surface area (TPSA) is 46.0 Å². The predicted molar refractivity (Wildman–Crippen MR) is 86.8 cm³/mol. The molecule has 5 heteroatoms. The van der Waals surface area contributed by atoms with Crippen molar-refractivity contribution in [1.29, 1.82) is 0 Å². The van der Waals surface area contributed by atoms with Crippen molar-refractivity contribution in [1.82, 2.24) is 5.43 Å². The Bertz CT molecular complexity index is 666. The fourth-order valence-corrected chi connectivity index (χ4v) is 3.57. The first kappa shape index (κ1) is 13.9. The summed E-state index contributed by atoms with van der Waals surface area (Å²) < 4.78 is 6.09. The van der Waals surface area contributed by atoms with Crippen LogP contribution in [0.4, 0.5) is 5.69 Å². The molecule has 0 atom stereocenters. The van der Waals surface area contributed by atoms with Gasteiger partial charge in [-0.2, -0.15) is 0 Å². The molecule has 1 aliphatic heterocycles. The van der Waals surface area contributed by atoms with E-state index in [9.17, 15) is 0 Å². The fourth-order valence-electron chi connectivity index (χ4n) is 1.93. The summed E-state index contributed by atoms with van der Waals surface area (Å²) in [5.41, 5.74) is 6.27. The Kier molecular flexibility index (Phi) is 4.34. The molecule has 0 aromatic heterocycles. The van der Waals surface area contributed by atoms with Crippen LogP contribution in [0.3, 0.4) is 0 Å². The van der Waals surface area contributed by atoms with E-state index < -0.39 is 0 Å². The van der Waals surface area contributed by atoms with E-state index in [1.165, 1.54) is 5.56 Å². The molecule has 106 valence electrons. The van der Waals surface area contributed by atoms with Crippen LogP contribution in [0.1, 0.15) is 5.56 Å². The van der Waals surface area contributed by atoms with Gasteiger partial charge in [-0.3, -0.25) is 0 Å². The molecule has 1 N–H and O–H groups in total. The van der Waals surface area contributed by atoms with Crippen LogP contribution in [-0.4, -0.2) is 32.5 Å². The number of rotatable bonds is 3. The molecule has 0 saturated heterocycles. The molecule has 0 saturated carbocycles. The number of benzene rings is 2. The van der Waals surface area contributed by atoms with Crippen molar-refractivity contribution in [2.75, 3.05) is 7.11 Å². The van der Waals surface area contributed by atoms with Crippen LogP contribution in [-0.2, 0) is 0 Å². The van der Waals surface area contributed by atoms with E-state index >= 15 is 0 Å². The Morgan fingerprint density at radius 1 is 1.10 bits per heavy atom. The molecule has 0 amide bonds. The van der Waals surface area contributed by atoms with Crippen LogP contribution in [0.25, 0.3) is 0 Å². The van der Waals surface area contributed by atoms with Crippen LogP contribution in [0.5, 0.6) is 5.75 Å².